The first-order valence-electron chi connectivity index (χ1n) is 10.6. The van der Waals surface area contributed by atoms with E-state index in [1.54, 1.807) is 11.6 Å². The van der Waals surface area contributed by atoms with Gasteiger partial charge in [0.05, 0.1) is 29.9 Å². The summed E-state index contributed by atoms with van der Waals surface area (Å²) in [7, 11) is 0. The summed E-state index contributed by atoms with van der Waals surface area (Å²) in [4.78, 5) is 22.3. The highest BCUT2D eigenvalue weighted by atomic mass is 19.4. The Morgan fingerprint density at radius 2 is 1.88 bits per heavy atom. The van der Waals surface area contributed by atoms with Gasteiger partial charge in [0.15, 0.2) is 11.5 Å². The molecule has 10 heteroatoms. The third kappa shape index (κ3) is 3.74. The van der Waals surface area contributed by atoms with Crippen LogP contribution in [0, 0.1) is 13.8 Å². The van der Waals surface area contributed by atoms with Crippen LogP contribution in [0.4, 0.5) is 18.9 Å². The van der Waals surface area contributed by atoms with Crippen LogP contribution in [-0.4, -0.2) is 37.4 Å². The molecule has 2 aromatic heterocycles. The summed E-state index contributed by atoms with van der Waals surface area (Å²) in [6, 6.07) is 9.22. The molecular weight excluding hydrogens is 447 g/mol. The maximum absolute atomic E-state index is 13.0. The van der Waals surface area contributed by atoms with E-state index in [4.69, 9.17) is 0 Å². The second-order valence-electron chi connectivity index (χ2n) is 8.34. The number of benzene rings is 2. The highest BCUT2D eigenvalue weighted by Crippen LogP contribution is 2.32. The number of anilines is 1. The number of hydrogen-bond donors (Lipinski definition) is 1. The van der Waals surface area contributed by atoms with Gasteiger partial charge in [-0.3, -0.25) is 4.68 Å². The Morgan fingerprint density at radius 1 is 1.09 bits per heavy atom. The maximum Gasteiger partial charge on any atom is 0.416 e. The number of alkyl halides is 3. The SMILES string of the molecule is Cc1cc(-c2ncc3cc(C(F)(F)F)ccc3n2)ccc1N1CCn2nc(C(=O)O)c(C)c2C1. The van der Waals surface area contributed by atoms with Crippen LogP contribution in [0.3, 0.4) is 0 Å². The van der Waals surface area contributed by atoms with Gasteiger partial charge in [-0.05, 0) is 55.8 Å². The van der Waals surface area contributed by atoms with E-state index in [0.29, 0.717) is 41.9 Å². The molecule has 1 aliphatic rings. The molecule has 174 valence electrons. The van der Waals surface area contributed by atoms with Gasteiger partial charge >= 0.3 is 12.1 Å². The quantitative estimate of drug-likeness (QED) is 0.464. The number of fused-ring (bicyclic) bond motifs is 2. The molecule has 5 rings (SSSR count). The first-order valence-corrected chi connectivity index (χ1v) is 10.6. The standard InChI is InChI=1S/C24H20F3N5O2/c1-13-9-15(22-28-11-16-10-17(24(25,26)27)4-5-18(16)29-22)3-6-19(13)31-7-8-32-20(12-31)14(2)21(30-32)23(33)34/h3-6,9-11H,7-8,12H2,1-2H3,(H,33,34). The Morgan fingerprint density at radius 3 is 2.59 bits per heavy atom. The Balaban J connectivity index is 1.43. The van der Waals surface area contributed by atoms with Crippen LogP contribution in [0.25, 0.3) is 22.3 Å². The van der Waals surface area contributed by atoms with Gasteiger partial charge in [-0.25, -0.2) is 14.8 Å². The van der Waals surface area contributed by atoms with Crippen LogP contribution >= 0.6 is 0 Å². The molecule has 4 aromatic rings. The Labute approximate surface area is 192 Å². The number of nitrogens with zero attached hydrogens (tertiary/aromatic N) is 5. The summed E-state index contributed by atoms with van der Waals surface area (Å²) in [5, 5.41) is 13.9. The molecule has 0 radical (unpaired) electrons. The van der Waals surface area contributed by atoms with Crippen molar-refractivity contribution in [3.8, 4) is 11.4 Å². The fourth-order valence-corrected chi connectivity index (χ4v) is 4.35. The van der Waals surface area contributed by atoms with Crippen molar-refractivity contribution in [1.82, 2.24) is 19.7 Å². The average Bonchev–Trinajstić information content (AvgIpc) is 3.14. The molecule has 2 aromatic carbocycles. The van der Waals surface area contributed by atoms with Crippen LogP contribution in [-0.2, 0) is 19.3 Å². The number of aryl methyl sites for hydroxylation is 1. The van der Waals surface area contributed by atoms with Gasteiger partial charge in [0.1, 0.15) is 0 Å². The number of aromatic carboxylic acids is 1. The zero-order valence-corrected chi connectivity index (χ0v) is 18.4. The van der Waals surface area contributed by atoms with Crippen molar-refractivity contribution in [2.75, 3.05) is 11.4 Å². The van der Waals surface area contributed by atoms with E-state index in [0.717, 1.165) is 34.6 Å². The average molecular weight is 467 g/mol. The van der Waals surface area contributed by atoms with E-state index < -0.39 is 17.7 Å². The first kappa shape index (κ1) is 21.9. The predicted molar refractivity (Wildman–Crippen MR) is 120 cm³/mol. The lowest BCUT2D eigenvalue weighted by molar-refractivity contribution is -0.137. The van der Waals surface area contributed by atoms with E-state index in [-0.39, 0.29) is 5.69 Å². The molecule has 7 nitrogen and oxygen atoms in total. The second kappa shape index (κ2) is 7.82. The number of rotatable bonds is 3. The molecule has 0 spiro atoms. The van der Waals surface area contributed by atoms with Gasteiger partial charge in [-0.2, -0.15) is 18.3 Å². The topological polar surface area (TPSA) is 84.1 Å². The lowest BCUT2D eigenvalue weighted by Gasteiger charge is -2.31. The summed E-state index contributed by atoms with van der Waals surface area (Å²) >= 11 is 0. The third-order valence-electron chi connectivity index (χ3n) is 6.15. The van der Waals surface area contributed by atoms with Crippen molar-refractivity contribution >= 4 is 22.6 Å². The lowest BCUT2D eigenvalue weighted by Crippen LogP contribution is -2.34. The Bertz CT molecular complexity index is 1440. The maximum atomic E-state index is 13.0. The van der Waals surface area contributed by atoms with Crippen LogP contribution in [0.15, 0.2) is 42.6 Å². The number of carbonyl (C=O) groups is 1. The zero-order valence-electron chi connectivity index (χ0n) is 18.4. The summed E-state index contributed by atoms with van der Waals surface area (Å²) in [6.45, 7) is 5.55. The van der Waals surface area contributed by atoms with Crippen LogP contribution in [0.2, 0.25) is 0 Å². The molecule has 0 amide bonds. The van der Waals surface area contributed by atoms with E-state index >= 15 is 0 Å². The molecule has 1 N–H and O–H groups in total. The molecule has 3 heterocycles. The third-order valence-corrected chi connectivity index (χ3v) is 6.15. The number of aromatic nitrogens is 4. The first-order chi connectivity index (χ1) is 16.1. The fourth-order valence-electron chi connectivity index (χ4n) is 4.35. The van der Waals surface area contributed by atoms with Crippen LogP contribution in [0.5, 0.6) is 0 Å². The lowest BCUT2D eigenvalue weighted by atomic mass is 10.1. The number of carboxylic acids is 1. The molecular formula is C24H20F3N5O2. The van der Waals surface area contributed by atoms with Crippen molar-refractivity contribution in [3.05, 3.63) is 70.7 Å². The summed E-state index contributed by atoms with van der Waals surface area (Å²) in [5.74, 6) is -0.600. The van der Waals surface area contributed by atoms with Gasteiger partial charge in [0, 0.05) is 34.9 Å². The van der Waals surface area contributed by atoms with E-state index in [1.165, 1.54) is 12.3 Å². The van der Waals surface area contributed by atoms with Crippen LogP contribution in [0.1, 0.15) is 32.9 Å². The number of halogens is 3. The number of hydrogen-bond acceptors (Lipinski definition) is 5. The monoisotopic (exact) mass is 467 g/mol. The largest absolute Gasteiger partial charge is 0.476 e. The normalized spacial score (nSPS) is 13.9. The Hall–Kier alpha value is -3.95. The van der Waals surface area contributed by atoms with Crippen LogP contribution < -0.4 is 4.90 Å². The van der Waals surface area contributed by atoms with E-state index in [9.17, 15) is 23.1 Å². The second-order valence-corrected chi connectivity index (χ2v) is 8.34. The van der Waals surface area contributed by atoms with Crippen molar-refractivity contribution in [2.45, 2.75) is 33.1 Å². The molecule has 0 saturated carbocycles. The zero-order chi connectivity index (χ0) is 24.2. The molecule has 0 saturated heterocycles. The molecule has 0 bridgehead atoms. The summed E-state index contributed by atoms with van der Waals surface area (Å²) in [6.07, 6.45) is -3.01. The molecule has 1 aliphatic heterocycles. The highest BCUT2D eigenvalue weighted by Gasteiger charge is 2.30. The van der Waals surface area contributed by atoms with Gasteiger partial charge in [0.2, 0.25) is 0 Å². The molecule has 0 aliphatic carbocycles. The molecule has 0 atom stereocenters. The summed E-state index contributed by atoms with van der Waals surface area (Å²) < 4.78 is 40.6. The molecule has 0 unspecified atom stereocenters. The van der Waals surface area contributed by atoms with Gasteiger partial charge in [0.25, 0.3) is 0 Å². The van der Waals surface area contributed by atoms with E-state index in [1.807, 2.05) is 25.1 Å². The van der Waals surface area contributed by atoms with Crippen molar-refractivity contribution in [1.29, 1.82) is 0 Å². The minimum atomic E-state index is -4.42. The minimum Gasteiger partial charge on any atom is -0.476 e. The molecule has 0 fully saturated rings. The van der Waals surface area contributed by atoms with Crippen molar-refractivity contribution in [3.63, 3.8) is 0 Å². The minimum absolute atomic E-state index is 0.0831. The summed E-state index contributed by atoms with van der Waals surface area (Å²) in [5.41, 5.74) is 4.08. The smallest absolute Gasteiger partial charge is 0.416 e. The predicted octanol–water partition coefficient (Wildman–Crippen LogP) is 4.85. The molecule has 34 heavy (non-hydrogen) atoms. The highest BCUT2D eigenvalue weighted by molar-refractivity contribution is 5.87. The van der Waals surface area contributed by atoms with Gasteiger partial charge in [-0.15, -0.1) is 0 Å². The van der Waals surface area contributed by atoms with Crippen molar-refractivity contribution in [2.24, 2.45) is 0 Å². The van der Waals surface area contributed by atoms with Gasteiger partial charge in [-0.1, -0.05) is 0 Å². The van der Waals surface area contributed by atoms with Crippen molar-refractivity contribution < 1.29 is 23.1 Å². The number of carboxylic acid groups (broad SMARTS) is 1. The fraction of sp³-hybridized carbons (Fsp3) is 0.250. The Kier molecular flexibility index (Phi) is 5.03. The van der Waals surface area contributed by atoms with Gasteiger partial charge < -0.3 is 10.0 Å². The van der Waals surface area contributed by atoms with E-state index in [2.05, 4.69) is 20.0 Å².